The van der Waals surface area contributed by atoms with Gasteiger partial charge in [-0.1, -0.05) is 18.2 Å². The maximum atomic E-state index is 13.0. The number of ether oxygens (including phenoxy) is 1. The van der Waals surface area contributed by atoms with Crippen LogP contribution in [0.2, 0.25) is 0 Å². The van der Waals surface area contributed by atoms with Crippen molar-refractivity contribution in [2.24, 2.45) is 0 Å². The molecule has 5 heteroatoms. The molecule has 28 heavy (non-hydrogen) atoms. The van der Waals surface area contributed by atoms with Crippen LogP contribution < -0.4 is 4.74 Å². The molecular weight excluding hydrogens is 350 g/mol. The van der Waals surface area contributed by atoms with E-state index in [0.717, 1.165) is 61.4 Å². The van der Waals surface area contributed by atoms with Crippen LogP contribution in [0, 0.1) is 0 Å². The van der Waals surface area contributed by atoms with Gasteiger partial charge in [0.1, 0.15) is 5.75 Å². The molecule has 1 fully saturated rings. The minimum absolute atomic E-state index is 0.120. The van der Waals surface area contributed by atoms with Crippen LogP contribution in [-0.4, -0.2) is 40.7 Å². The predicted octanol–water partition coefficient (Wildman–Crippen LogP) is 4.03. The van der Waals surface area contributed by atoms with Crippen LogP contribution in [0.3, 0.4) is 0 Å². The molecule has 1 amide bonds. The summed E-state index contributed by atoms with van der Waals surface area (Å²) in [7, 11) is 0. The first-order valence-corrected chi connectivity index (χ1v) is 9.92. The Kier molecular flexibility index (Phi) is 4.35. The maximum Gasteiger partial charge on any atom is 0.253 e. The van der Waals surface area contributed by atoms with Gasteiger partial charge in [-0.15, -0.1) is 0 Å². The summed E-state index contributed by atoms with van der Waals surface area (Å²) in [4.78, 5) is 15.0. The first-order valence-electron chi connectivity index (χ1n) is 9.92. The summed E-state index contributed by atoms with van der Waals surface area (Å²) in [5.74, 6) is 1.57. The van der Waals surface area contributed by atoms with E-state index in [-0.39, 0.29) is 5.91 Å². The van der Waals surface area contributed by atoms with Gasteiger partial charge in [0.25, 0.3) is 5.91 Å². The van der Waals surface area contributed by atoms with Crippen molar-refractivity contribution in [1.29, 1.82) is 0 Å². The van der Waals surface area contributed by atoms with E-state index in [2.05, 4.69) is 28.4 Å². The second-order valence-corrected chi connectivity index (χ2v) is 7.58. The van der Waals surface area contributed by atoms with Gasteiger partial charge in [-0.05, 0) is 59.9 Å². The molecule has 3 heterocycles. The van der Waals surface area contributed by atoms with Crippen molar-refractivity contribution in [1.82, 2.24) is 15.1 Å². The number of rotatable bonds is 3. The SMILES string of the molecule is O=C(c1cccc(-c2ccc3c(c2)CCO3)c1)N1CCC(c2ccn[nH]2)CC1. The fourth-order valence-electron chi connectivity index (χ4n) is 4.27. The van der Waals surface area contributed by atoms with Gasteiger partial charge in [0, 0.05) is 42.9 Å². The first kappa shape index (κ1) is 17.0. The van der Waals surface area contributed by atoms with Crippen LogP contribution >= 0.6 is 0 Å². The van der Waals surface area contributed by atoms with E-state index in [9.17, 15) is 4.79 Å². The number of carbonyl (C=O) groups excluding carboxylic acids is 1. The van der Waals surface area contributed by atoms with Crippen LogP contribution in [0.15, 0.2) is 54.7 Å². The maximum absolute atomic E-state index is 13.0. The first-order chi connectivity index (χ1) is 13.8. The molecule has 5 nitrogen and oxygen atoms in total. The quantitative estimate of drug-likeness (QED) is 0.754. The minimum atomic E-state index is 0.120. The van der Waals surface area contributed by atoms with E-state index >= 15 is 0 Å². The molecule has 0 unspecified atom stereocenters. The number of carbonyl (C=O) groups is 1. The number of likely N-dealkylation sites (tertiary alicyclic amines) is 1. The van der Waals surface area contributed by atoms with Gasteiger partial charge in [0.05, 0.1) is 6.61 Å². The highest BCUT2D eigenvalue weighted by atomic mass is 16.5. The van der Waals surface area contributed by atoms with Crippen molar-refractivity contribution >= 4 is 5.91 Å². The summed E-state index contributed by atoms with van der Waals surface area (Å²) < 4.78 is 5.60. The van der Waals surface area contributed by atoms with Gasteiger partial charge < -0.3 is 9.64 Å². The Morgan fingerprint density at radius 3 is 2.75 bits per heavy atom. The molecule has 2 aliphatic heterocycles. The second kappa shape index (κ2) is 7.15. The van der Waals surface area contributed by atoms with Crippen LogP contribution in [0.5, 0.6) is 5.75 Å². The Labute approximate surface area is 164 Å². The molecule has 2 aliphatic rings. The van der Waals surface area contributed by atoms with Gasteiger partial charge in [-0.25, -0.2) is 0 Å². The fourth-order valence-corrected chi connectivity index (χ4v) is 4.27. The molecule has 1 N–H and O–H groups in total. The molecule has 0 saturated carbocycles. The average Bonchev–Trinajstić information content (AvgIpc) is 3.45. The Morgan fingerprint density at radius 2 is 1.93 bits per heavy atom. The number of fused-ring (bicyclic) bond motifs is 1. The average molecular weight is 373 g/mol. The lowest BCUT2D eigenvalue weighted by atomic mass is 9.93. The van der Waals surface area contributed by atoms with Crippen molar-refractivity contribution in [3.05, 3.63) is 71.5 Å². The van der Waals surface area contributed by atoms with Crippen LogP contribution in [0.25, 0.3) is 11.1 Å². The largest absolute Gasteiger partial charge is 0.493 e. The Bertz CT molecular complexity index is 989. The molecule has 0 spiro atoms. The topological polar surface area (TPSA) is 58.2 Å². The Balaban J connectivity index is 1.31. The van der Waals surface area contributed by atoms with Crippen molar-refractivity contribution in [2.45, 2.75) is 25.2 Å². The highest BCUT2D eigenvalue weighted by molar-refractivity contribution is 5.95. The van der Waals surface area contributed by atoms with Gasteiger partial charge in [0.2, 0.25) is 0 Å². The van der Waals surface area contributed by atoms with Crippen molar-refractivity contribution in [2.75, 3.05) is 19.7 Å². The normalized spacial score (nSPS) is 16.6. The second-order valence-electron chi connectivity index (χ2n) is 7.58. The number of aromatic nitrogens is 2. The number of nitrogens with zero attached hydrogens (tertiary/aromatic N) is 2. The van der Waals surface area contributed by atoms with Gasteiger partial charge in [-0.3, -0.25) is 9.89 Å². The summed E-state index contributed by atoms with van der Waals surface area (Å²) in [6.07, 6.45) is 4.69. The number of piperidine rings is 1. The third kappa shape index (κ3) is 3.17. The monoisotopic (exact) mass is 373 g/mol. The highest BCUT2D eigenvalue weighted by Gasteiger charge is 2.25. The standard InChI is InChI=1S/C23H23N3O2/c27-23(26-11-7-16(8-12-26)21-6-10-24-25-21)20-3-1-2-17(15-20)18-4-5-22-19(14-18)9-13-28-22/h1-6,10,14-16H,7-9,11-13H2,(H,24,25). The third-order valence-corrected chi connectivity index (χ3v) is 5.88. The predicted molar refractivity (Wildman–Crippen MR) is 108 cm³/mol. The smallest absolute Gasteiger partial charge is 0.253 e. The van der Waals surface area contributed by atoms with E-state index in [1.165, 1.54) is 11.3 Å². The number of H-pyrrole nitrogens is 1. The van der Waals surface area contributed by atoms with Crippen molar-refractivity contribution in [3.8, 4) is 16.9 Å². The molecular formula is C23H23N3O2. The number of benzene rings is 2. The molecule has 2 aromatic carbocycles. The van der Waals surface area contributed by atoms with Crippen molar-refractivity contribution in [3.63, 3.8) is 0 Å². The molecule has 0 radical (unpaired) electrons. The minimum Gasteiger partial charge on any atom is -0.493 e. The van der Waals surface area contributed by atoms with Crippen molar-refractivity contribution < 1.29 is 9.53 Å². The zero-order valence-corrected chi connectivity index (χ0v) is 15.7. The Morgan fingerprint density at radius 1 is 1.07 bits per heavy atom. The molecule has 1 aromatic heterocycles. The zero-order chi connectivity index (χ0) is 18.9. The van der Waals surface area contributed by atoms with E-state index in [1.54, 1.807) is 6.20 Å². The van der Waals surface area contributed by atoms with Crippen LogP contribution in [0.1, 0.15) is 40.4 Å². The summed E-state index contributed by atoms with van der Waals surface area (Å²) >= 11 is 0. The lowest BCUT2D eigenvalue weighted by molar-refractivity contribution is 0.0712. The summed E-state index contributed by atoms with van der Waals surface area (Å²) in [6.45, 7) is 2.32. The lowest BCUT2D eigenvalue weighted by Gasteiger charge is -2.31. The third-order valence-electron chi connectivity index (χ3n) is 5.88. The number of nitrogens with one attached hydrogen (secondary N) is 1. The summed E-state index contributed by atoms with van der Waals surface area (Å²) in [6, 6.07) is 16.3. The van der Waals surface area contributed by atoms with E-state index < -0.39 is 0 Å². The number of hydrogen-bond acceptors (Lipinski definition) is 3. The number of amides is 1. The molecule has 0 atom stereocenters. The molecule has 0 bridgehead atoms. The van der Waals surface area contributed by atoms with Crippen LogP contribution in [-0.2, 0) is 6.42 Å². The number of aromatic amines is 1. The van der Waals surface area contributed by atoms with E-state index in [0.29, 0.717) is 5.92 Å². The van der Waals surface area contributed by atoms with Crippen LogP contribution in [0.4, 0.5) is 0 Å². The molecule has 5 rings (SSSR count). The molecule has 1 saturated heterocycles. The molecule has 3 aromatic rings. The van der Waals surface area contributed by atoms with E-state index in [1.807, 2.05) is 35.2 Å². The molecule has 0 aliphatic carbocycles. The van der Waals surface area contributed by atoms with E-state index in [4.69, 9.17) is 4.74 Å². The summed E-state index contributed by atoms with van der Waals surface area (Å²) in [5.41, 5.74) is 5.39. The lowest BCUT2D eigenvalue weighted by Crippen LogP contribution is -2.38. The number of hydrogen-bond donors (Lipinski definition) is 1. The molecule has 142 valence electrons. The van der Waals surface area contributed by atoms with Gasteiger partial charge in [0.15, 0.2) is 0 Å². The highest BCUT2D eigenvalue weighted by Crippen LogP contribution is 2.31. The van der Waals surface area contributed by atoms with Gasteiger partial charge in [-0.2, -0.15) is 5.10 Å². The summed E-state index contributed by atoms with van der Waals surface area (Å²) in [5, 5.41) is 7.11. The Hall–Kier alpha value is -3.08. The fraction of sp³-hybridized carbons (Fsp3) is 0.304. The zero-order valence-electron chi connectivity index (χ0n) is 15.7. The van der Waals surface area contributed by atoms with Gasteiger partial charge >= 0.3 is 0 Å².